The Morgan fingerprint density at radius 3 is 2.89 bits per heavy atom. The molecule has 4 aromatic rings. The molecule has 1 unspecified atom stereocenters. The van der Waals surface area contributed by atoms with Gasteiger partial charge in [0, 0.05) is 12.8 Å². The van der Waals surface area contributed by atoms with Crippen LogP contribution in [-0.4, -0.2) is 32.3 Å². The Hall–Kier alpha value is -3.48. The van der Waals surface area contributed by atoms with E-state index in [2.05, 4.69) is 34.2 Å². The molecule has 1 saturated heterocycles. The minimum absolute atomic E-state index is 0.0840. The Morgan fingerprint density at radius 1 is 1.14 bits per heavy atom. The van der Waals surface area contributed by atoms with Gasteiger partial charge in [-0.3, -0.25) is 4.79 Å². The third kappa shape index (κ3) is 2.76. The van der Waals surface area contributed by atoms with E-state index in [-0.39, 0.29) is 18.4 Å². The first-order valence-electron chi connectivity index (χ1n) is 9.30. The molecule has 0 amide bonds. The fourth-order valence-electron chi connectivity index (χ4n) is 3.94. The van der Waals surface area contributed by atoms with Gasteiger partial charge in [-0.15, -0.1) is 0 Å². The van der Waals surface area contributed by atoms with Gasteiger partial charge in [0.05, 0.1) is 30.1 Å². The van der Waals surface area contributed by atoms with Crippen LogP contribution in [0.2, 0.25) is 0 Å². The maximum absolute atomic E-state index is 11.8. The maximum atomic E-state index is 11.8. The van der Waals surface area contributed by atoms with Gasteiger partial charge in [-0.05, 0) is 16.3 Å². The molecule has 5 rings (SSSR count). The van der Waals surface area contributed by atoms with E-state index in [1.807, 2.05) is 22.9 Å². The number of benzene rings is 2. The summed E-state index contributed by atoms with van der Waals surface area (Å²) in [7, 11) is 0. The molecule has 0 saturated carbocycles. The van der Waals surface area contributed by atoms with E-state index in [0.717, 1.165) is 16.6 Å². The number of rotatable bonds is 3. The molecule has 1 atom stereocenters. The number of hydrogen-bond acceptors (Lipinski definition) is 6. The number of carbonyl (C=O) groups is 1. The van der Waals surface area contributed by atoms with Crippen molar-refractivity contribution in [3.63, 3.8) is 0 Å². The lowest BCUT2D eigenvalue weighted by Crippen LogP contribution is -2.24. The van der Waals surface area contributed by atoms with Crippen LogP contribution in [0.4, 0.5) is 5.82 Å². The predicted molar refractivity (Wildman–Crippen MR) is 106 cm³/mol. The molecule has 1 aliphatic heterocycles. The molecule has 2 aromatic carbocycles. The number of anilines is 1. The van der Waals surface area contributed by atoms with Gasteiger partial charge in [-0.25, -0.2) is 14.6 Å². The van der Waals surface area contributed by atoms with Gasteiger partial charge in [0.2, 0.25) is 0 Å². The quantitative estimate of drug-likeness (QED) is 0.555. The largest absolute Gasteiger partial charge is 0.466 e. The predicted octanol–water partition coefficient (Wildman–Crippen LogP) is 3.03. The summed E-state index contributed by atoms with van der Waals surface area (Å²) in [5.74, 6) is 0.197. The average Bonchev–Trinajstić information content (AvgIpc) is 3.08. The highest BCUT2D eigenvalue weighted by molar-refractivity contribution is 5.90. The Balaban J connectivity index is 1.64. The van der Waals surface area contributed by atoms with Gasteiger partial charge >= 0.3 is 5.97 Å². The van der Waals surface area contributed by atoms with Crippen molar-refractivity contribution in [3.05, 3.63) is 60.0 Å². The van der Waals surface area contributed by atoms with Crippen molar-refractivity contribution < 1.29 is 9.53 Å². The summed E-state index contributed by atoms with van der Waals surface area (Å²) in [5.41, 5.74) is 8.85. The molecule has 1 fully saturated rings. The molecular weight excluding hydrogens is 354 g/mol. The third-order valence-corrected chi connectivity index (χ3v) is 5.29. The summed E-state index contributed by atoms with van der Waals surface area (Å²) in [4.78, 5) is 20.4. The molecule has 3 heterocycles. The molecular formula is C21H19N5O2. The second-order valence-electron chi connectivity index (χ2n) is 7.03. The molecule has 2 N–H and O–H groups in total. The van der Waals surface area contributed by atoms with Crippen molar-refractivity contribution in [2.24, 2.45) is 0 Å². The first kappa shape index (κ1) is 16.7. The highest BCUT2D eigenvalue weighted by Gasteiger charge is 2.27. The fraction of sp³-hybridized carbons (Fsp3) is 0.238. The zero-order chi connectivity index (χ0) is 19.1. The van der Waals surface area contributed by atoms with E-state index < -0.39 is 0 Å². The summed E-state index contributed by atoms with van der Waals surface area (Å²) >= 11 is 0. The Bertz CT molecular complexity index is 1190. The number of cyclic esters (lactones) is 1. The summed E-state index contributed by atoms with van der Waals surface area (Å²) in [6, 6.07) is 14.4. The Morgan fingerprint density at radius 2 is 2.00 bits per heavy atom. The number of esters is 1. The fourth-order valence-corrected chi connectivity index (χ4v) is 3.94. The van der Waals surface area contributed by atoms with Crippen LogP contribution in [0.25, 0.3) is 21.8 Å². The van der Waals surface area contributed by atoms with Gasteiger partial charge in [0.1, 0.15) is 12.1 Å². The standard InChI is InChI=1S/C21H19N5O2/c22-20-19-17(10-14-6-3-5-13-4-1-2-7-16(13)14)25-26(21(19)24-12-23-20)15-8-9-28-18(27)11-15/h1-7,12,15H,8-11H2,(H2,22,23,24). The topological polar surface area (TPSA) is 95.9 Å². The number of nitrogens with two attached hydrogens (primary N) is 1. The lowest BCUT2D eigenvalue weighted by Gasteiger charge is -2.21. The second kappa shape index (κ2) is 6.60. The average molecular weight is 373 g/mol. The number of fused-ring (bicyclic) bond motifs is 2. The molecule has 1 aliphatic rings. The van der Waals surface area contributed by atoms with Gasteiger partial charge in [0.25, 0.3) is 0 Å². The van der Waals surface area contributed by atoms with E-state index >= 15 is 0 Å². The van der Waals surface area contributed by atoms with Gasteiger partial charge in [0.15, 0.2) is 5.65 Å². The van der Waals surface area contributed by atoms with E-state index in [1.54, 1.807) is 0 Å². The molecule has 0 spiro atoms. The number of carbonyl (C=O) groups excluding carboxylic acids is 1. The number of nitrogens with zero attached hydrogens (tertiary/aromatic N) is 4. The first-order chi connectivity index (χ1) is 13.7. The Kier molecular flexibility index (Phi) is 3.93. The van der Waals surface area contributed by atoms with Crippen molar-refractivity contribution in [1.29, 1.82) is 0 Å². The summed E-state index contributed by atoms with van der Waals surface area (Å²) in [5, 5.41) is 7.96. The van der Waals surface area contributed by atoms with Crippen LogP contribution in [0.1, 0.15) is 30.1 Å². The van der Waals surface area contributed by atoms with E-state index in [1.165, 1.54) is 17.1 Å². The monoisotopic (exact) mass is 373 g/mol. The lowest BCUT2D eigenvalue weighted by molar-refractivity contribution is -0.148. The highest BCUT2D eigenvalue weighted by atomic mass is 16.5. The Labute approximate surface area is 161 Å². The summed E-state index contributed by atoms with van der Waals surface area (Å²) in [6.45, 7) is 0.393. The van der Waals surface area contributed by atoms with Crippen molar-refractivity contribution in [2.75, 3.05) is 12.3 Å². The molecule has 0 aliphatic carbocycles. The van der Waals surface area contributed by atoms with Crippen LogP contribution in [0.3, 0.4) is 0 Å². The van der Waals surface area contributed by atoms with Crippen molar-refractivity contribution in [3.8, 4) is 0 Å². The SMILES string of the molecule is Nc1ncnc2c1c(Cc1cccc3ccccc13)nn2C1CCOC(=O)C1. The van der Waals surface area contributed by atoms with Crippen LogP contribution >= 0.6 is 0 Å². The summed E-state index contributed by atoms with van der Waals surface area (Å²) < 4.78 is 6.91. The number of nitrogen functional groups attached to an aromatic ring is 1. The van der Waals surface area contributed by atoms with E-state index in [0.29, 0.717) is 30.9 Å². The van der Waals surface area contributed by atoms with Crippen molar-refractivity contribution in [1.82, 2.24) is 19.7 Å². The molecule has 7 nitrogen and oxygen atoms in total. The van der Waals surface area contributed by atoms with Crippen LogP contribution in [-0.2, 0) is 16.0 Å². The smallest absolute Gasteiger partial charge is 0.307 e. The lowest BCUT2D eigenvalue weighted by atomic mass is 10.0. The molecule has 7 heteroatoms. The number of aromatic nitrogens is 4. The molecule has 0 radical (unpaired) electrons. The van der Waals surface area contributed by atoms with Crippen molar-refractivity contribution >= 4 is 33.6 Å². The van der Waals surface area contributed by atoms with Crippen LogP contribution in [0, 0.1) is 0 Å². The third-order valence-electron chi connectivity index (χ3n) is 5.29. The van der Waals surface area contributed by atoms with E-state index in [4.69, 9.17) is 15.6 Å². The molecule has 28 heavy (non-hydrogen) atoms. The maximum Gasteiger partial charge on any atom is 0.307 e. The van der Waals surface area contributed by atoms with Gasteiger partial charge < -0.3 is 10.5 Å². The minimum Gasteiger partial charge on any atom is -0.466 e. The van der Waals surface area contributed by atoms with Crippen LogP contribution in [0.15, 0.2) is 48.8 Å². The summed E-state index contributed by atoms with van der Waals surface area (Å²) in [6.07, 6.45) is 3.05. The molecule has 2 aromatic heterocycles. The minimum atomic E-state index is -0.211. The first-order valence-corrected chi connectivity index (χ1v) is 9.30. The number of hydrogen-bond donors (Lipinski definition) is 1. The van der Waals surface area contributed by atoms with Crippen molar-refractivity contribution in [2.45, 2.75) is 25.3 Å². The molecule has 140 valence electrons. The normalized spacial score (nSPS) is 17.1. The van der Waals surface area contributed by atoms with E-state index in [9.17, 15) is 4.79 Å². The molecule has 0 bridgehead atoms. The van der Waals surface area contributed by atoms with Crippen LogP contribution in [0.5, 0.6) is 0 Å². The second-order valence-corrected chi connectivity index (χ2v) is 7.03. The highest BCUT2D eigenvalue weighted by Crippen LogP contribution is 2.31. The van der Waals surface area contributed by atoms with Gasteiger partial charge in [-0.1, -0.05) is 42.5 Å². The zero-order valence-electron chi connectivity index (χ0n) is 15.2. The van der Waals surface area contributed by atoms with Crippen LogP contribution < -0.4 is 5.73 Å². The zero-order valence-corrected chi connectivity index (χ0v) is 15.2. The van der Waals surface area contributed by atoms with Gasteiger partial charge in [-0.2, -0.15) is 5.10 Å². The number of ether oxygens (including phenoxy) is 1.